The van der Waals surface area contributed by atoms with Gasteiger partial charge in [-0.15, -0.1) is 0 Å². The van der Waals surface area contributed by atoms with E-state index in [1.165, 1.54) is 0 Å². The number of esters is 1. The summed E-state index contributed by atoms with van der Waals surface area (Å²) in [5.41, 5.74) is -0.159. The van der Waals surface area contributed by atoms with E-state index in [0.29, 0.717) is 23.8 Å². The Morgan fingerprint density at radius 2 is 2.00 bits per heavy atom. The van der Waals surface area contributed by atoms with E-state index in [4.69, 9.17) is 4.74 Å². The monoisotopic (exact) mass is 276 g/mol. The molecule has 3 heteroatoms. The molecular formula is C17H24O3. The van der Waals surface area contributed by atoms with Crippen LogP contribution >= 0.6 is 0 Å². The number of carbonyl (C=O) groups is 1. The molecule has 0 saturated heterocycles. The van der Waals surface area contributed by atoms with Crippen LogP contribution in [0.1, 0.15) is 50.4 Å². The predicted octanol–water partition coefficient (Wildman–Crippen LogP) is 3.42. The zero-order valence-electron chi connectivity index (χ0n) is 12.5. The highest BCUT2D eigenvalue weighted by Gasteiger charge is 2.39. The SMILES string of the molecule is CC(C)[C@@H]1CC[C@](C)(O)C[C@H]1OC(=O)c1ccccc1. The fourth-order valence-electron chi connectivity index (χ4n) is 3.02. The molecule has 0 aromatic heterocycles. The largest absolute Gasteiger partial charge is 0.458 e. The minimum absolute atomic E-state index is 0.202. The lowest BCUT2D eigenvalue weighted by molar-refractivity contribution is -0.0781. The molecule has 1 aliphatic rings. The van der Waals surface area contributed by atoms with E-state index < -0.39 is 5.60 Å². The van der Waals surface area contributed by atoms with Crippen molar-refractivity contribution in [3.63, 3.8) is 0 Å². The van der Waals surface area contributed by atoms with Gasteiger partial charge in [0.25, 0.3) is 0 Å². The van der Waals surface area contributed by atoms with E-state index in [1.807, 2.05) is 25.1 Å². The molecule has 0 aliphatic heterocycles. The second kappa shape index (κ2) is 5.96. The molecular weight excluding hydrogens is 252 g/mol. The number of rotatable bonds is 3. The molecule has 1 fully saturated rings. The van der Waals surface area contributed by atoms with E-state index in [2.05, 4.69) is 13.8 Å². The molecule has 0 unspecified atom stereocenters. The van der Waals surface area contributed by atoms with E-state index in [9.17, 15) is 9.90 Å². The maximum Gasteiger partial charge on any atom is 0.338 e. The second-order valence-corrected chi connectivity index (χ2v) is 6.46. The van der Waals surface area contributed by atoms with Crippen molar-refractivity contribution in [2.24, 2.45) is 11.8 Å². The Bertz CT molecular complexity index is 451. The Kier molecular flexibility index (Phi) is 4.48. The number of carbonyl (C=O) groups excluding carboxylic acids is 1. The van der Waals surface area contributed by atoms with E-state index in [1.54, 1.807) is 12.1 Å². The number of ether oxygens (including phenoxy) is 1. The quantitative estimate of drug-likeness (QED) is 0.860. The third-order valence-corrected chi connectivity index (χ3v) is 4.26. The normalized spacial score (nSPS) is 30.2. The first kappa shape index (κ1) is 15.0. The summed E-state index contributed by atoms with van der Waals surface area (Å²) in [5, 5.41) is 10.2. The van der Waals surface area contributed by atoms with Crippen molar-refractivity contribution in [3.8, 4) is 0 Å². The van der Waals surface area contributed by atoms with Crippen LogP contribution in [0.15, 0.2) is 30.3 Å². The zero-order chi connectivity index (χ0) is 14.8. The van der Waals surface area contributed by atoms with Gasteiger partial charge in [0.15, 0.2) is 0 Å². The summed E-state index contributed by atoms with van der Waals surface area (Å²) in [6, 6.07) is 9.04. The van der Waals surface area contributed by atoms with Crippen LogP contribution in [0.3, 0.4) is 0 Å². The predicted molar refractivity (Wildman–Crippen MR) is 78.4 cm³/mol. The molecule has 0 heterocycles. The van der Waals surface area contributed by atoms with E-state index in [0.717, 1.165) is 12.8 Å². The summed E-state index contributed by atoms with van der Waals surface area (Å²) in [5.74, 6) is 0.474. The van der Waals surface area contributed by atoms with Gasteiger partial charge in [-0.3, -0.25) is 0 Å². The van der Waals surface area contributed by atoms with Crippen molar-refractivity contribution in [1.29, 1.82) is 0 Å². The van der Waals surface area contributed by atoms with Crippen molar-refractivity contribution in [2.75, 3.05) is 0 Å². The number of aliphatic hydroxyl groups is 1. The van der Waals surface area contributed by atoms with E-state index >= 15 is 0 Å². The molecule has 1 saturated carbocycles. The fraction of sp³-hybridized carbons (Fsp3) is 0.588. The Morgan fingerprint density at radius 1 is 1.35 bits per heavy atom. The maximum absolute atomic E-state index is 12.2. The van der Waals surface area contributed by atoms with Crippen LogP contribution in [0.25, 0.3) is 0 Å². The van der Waals surface area contributed by atoms with Crippen molar-refractivity contribution in [3.05, 3.63) is 35.9 Å². The Labute approximate surface area is 121 Å². The van der Waals surface area contributed by atoms with Gasteiger partial charge in [0.05, 0.1) is 11.2 Å². The summed E-state index contributed by atoms with van der Waals surface area (Å²) in [7, 11) is 0. The molecule has 1 aliphatic carbocycles. The van der Waals surface area contributed by atoms with E-state index in [-0.39, 0.29) is 12.1 Å². The van der Waals surface area contributed by atoms with Crippen molar-refractivity contribution < 1.29 is 14.6 Å². The van der Waals surface area contributed by atoms with Crippen LogP contribution in [-0.4, -0.2) is 22.8 Å². The molecule has 3 atom stereocenters. The first-order chi connectivity index (χ1) is 9.39. The van der Waals surface area contributed by atoms with Gasteiger partial charge >= 0.3 is 5.97 Å². The van der Waals surface area contributed by atoms with Gasteiger partial charge in [0, 0.05) is 6.42 Å². The average Bonchev–Trinajstić information content (AvgIpc) is 2.38. The maximum atomic E-state index is 12.2. The van der Waals surface area contributed by atoms with Gasteiger partial charge in [-0.2, -0.15) is 0 Å². The topological polar surface area (TPSA) is 46.5 Å². The highest BCUT2D eigenvalue weighted by atomic mass is 16.5. The third kappa shape index (κ3) is 3.60. The molecule has 1 N–H and O–H groups in total. The third-order valence-electron chi connectivity index (χ3n) is 4.26. The zero-order valence-corrected chi connectivity index (χ0v) is 12.5. The molecule has 20 heavy (non-hydrogen) atoms. The lowest BCUT2D eigenvalue weighted by Crippen LogP contribution is -2.43. The molecule has 0 radical (unpaired) electrons. The molecule has 2 rings (SSSR count). The van der Waals surface area contributed by atoms with Gasteiger partial charge in [-0.25, -0.2) is 4.79 Å². The van der Waals surface area contributed by atoms with Crippen LogP contribution in [-0.2, 0) is 4.74 Å². The van der Waals surface area contributed by atoms with Gasteiger partial charge in [0.1, 0.15) is 6.10 Å². The Balaban J connectivity index is 2.09. The standard InChI is InChI=1S/C17H24O3/c1-12(2)14-9-10-17(3,19)11-15(14)20-16(18)13-7-5-4-6-8-13/h4-8,12,14-15,19H,9-11H2,1-3H3/t14-,15+,17-/m0/s1. The van der Waals surface area contributed by atoms with Gasteiger partial charge in [-0.05, 0) is 43.7 Å². The lowest BCUT2D eigenvalue weighted by atomic mass is 9.73. The van der Waals surface area contributed by atoms with Crippen LogP contribution in [0.4, 0.5) is 0 Å². The van der Waals surface area contributed by atoms with Crippen molar-refractivity contribution in [1.82, 2.24) is 0 Å². The average molecular weight is 276 g/mol. The summed E-state index contributed by atoms with van der Waals surface area (Å²) < 4.78 is 5.69. The highest BCUT2D eigenvalue weighted by molar-refractivity contribution is 5.89. The number of hydrogen-bond acceptors (Lipinski definition) is 3. The van der Waals surface area contributed by atoms with Crippen molar-refractivity contribution >= 4 is 5.97 Å². The molecule has 0 amide bonds. The van der Waals surface area contributed by atoms with Gasteiger partial charge in [0.2, 0.25) is 0 Å². The summed E-state index contributed by atoms with van der Waals surface area (Å²) in [4.78, 5) is 12.2. The summed E-state index contributed by atoms with van der Waals surface area (Å²) >= 11 is 0. The Morgan fingerprint density at radius 3 is 2.60 bits per heavy atom. The molecule has 1 aromatic carbocycles. The molecule has 0 bridgehead atoms. The second-order valence-electron chi connectivity index (χ2n) is 6.46. The minimum atomic E-state index is -0.729. The smallest absolute Gasteiger partial charge is 0.338 e. The molecule has 110 valence electrons. The van der Waals surface area contributed by atoms with Gasteiger partial charge < -0.3 is 9.84 Å². The first-order valence-corrected chi connectivity index (χ1v) is 7.37. The fourth-order valence-corrected chi connectivity index (χ4v) is 3.02. The van der Waals surface area contributed by atoms with Crippen LogP contribution in [0, 0.1) is 11.8 Å². The van der Waals surface area contributed by atoms with Crippen LogP contribution < -0.4 is 0 Å². The van der Waals surface area contributed by atoms with Crippen molar-refractivity contribution in [2.45, 2.75) is 51.7 Å². The molecule has 3 nitrogen and oxygen atoms in total. The first-order valence-electron chi connectivity index (χ1n) is 7.37. The lowest BCUT2D eigenvalue weighted by Gasteiger charge is -2.40. The number of benzene rings is 1. The highest BCUT2D eigenvalue weighted by Crippen LogP contribution is 2.37. The molecule has 0 spiro atoms. The number of hydrogen-bond donors (Lipinski definition) is 1. The Hall–Kier alpha value is -1.35. The minimum Gasteiger partial charge on any atom is -0.458 e. The summed E-state index contributed by atoms with van der Waals surface area (Å²) in [6.45, 7) is 6.12. The summed E-state index contributed by atoms with van der Waals surface area (Å²) in [6.07, 6.45) is 1.99. The van der Waals surface area contributed by atoms with Gasteiger partial charge in [-0.1, -0.05) is 32.0 Å². The molecule has 1 aromatic rings. The van der Waals surface area contributed by atoms with Crippen LogP contribution in [0.2, 0.25) is 0 Å². The van der Waals surface area contributed by atoms with Crippen LogP contribution in [0.5, 0.6) is 0 Å².